The average molecular weight is 226 g/mol. The molecule has 86 valence electrons. The summed E-state index contributed by atoms with van der Waals surface area (Å²) in [6, 6.07) is 7.95. The normalized spacial score (nSPS) is 18.1. The van der Waals surface area contributed by atoms with Gasteiger partial charge in [-0.15, -0.1) is 0 Å². The van der Waals surface area contributed by atoms with Crippen molar-refractivity contribution < 1.29 is 4.79 Å². The molecule has 0 aliphatic carbocycles. The molecule has 2 aromatic rings. The van der Waals surface area contributed by atoms with Crippen molar-refractivity contribution >= 4 is 5.78 Å². The van der Waals surface area contributed by atoms with Crippen LogP contribution in [0.25, 0.3) is 0 Å². The molecule has 3 nitrogen and oxygen atoms in total. The number of aromatic nitrogens is 2. The van der Waals surface area contributed by atoms with Crippen molar-refractivity contribution in [3.63, 3.8) is 0 Å². The Labute approximate surface area is 100 Å². The molecule has 1 aromatic carbocycles. The van der Waals surface area contributed by atoms with Gasteiger partial charge in [-0.2, -0.15) is 0 Å². The molecule has 1 aliphatic heterocycles. The number of imidazole rings is 1. The summed E-state index contributed by atoms with van der Waals surface area (Å²) in [5.41, 5.74) is 3.33. The van der Waals surface area contributed by atoms with E-state index < -0.39 is 0 Å². The van der Waals surface area contributed by atoms with Crippen molar-refractivity contribution in [1.82, 2.24) is 9.55 Å². The Balaban J connectivity index is 1.94. The van der Waals surface area contributed by atoms with Crippen LogP contribution in [-0.4, -0.2) is 15.3 Å². The van der Waals surface area contributed by atoms with E-state index in [1.54, 1.807) is 6.92 Å². The highest BCUT2D eigenvalue weighted by atomic mass is 16.1. The first-order valence-electron chi connectivity index (χ1n) is 5.86. The molecule has 0 amide bonds. The van der Waals surface area contributed by atoms with E-state index in [-0.39, 0.29) is 5.78 Å². The molecule has 0 bridgehead atoms. The Kier molecular flexibility index (Phi) is 2.32. The molecule has 0 fully saturated rings. The number of rotatable bonds is 2. The van der Waals surface area contributed by atoms with Gasteiger partial charge in [0.1, 0.15) is 0 Å². The fourth-order valence-electron chi connectivity index (χ4n) is 2.51. The first kappa shape index (κ1) is 10.3. The standard InChI is InChI=1S/C14H14N2O/c1-10(17)11-2-4-12(5-3-11)13-6-7-16-9-15-8-14(13)16/h2-5,8-9,13H,6-7H2,1H3. The second kappa shape index (κ2) is 3.84. The minimum absolute atomic E-state index is 0.119. The van der Waals surface area contributed by atoms with Crippen LogP contribution >= 0.6 is 0 Å². The number of ketones is 1. The molecule has 0 saturated heterocycles. The zero-order valence-electron chi connectivity index (χ0n) is 9.76. The number of fused-ring (bicyclic) bond motifs is 1. The van der Waals surface area contributed by atoms with E-state index in [4.69, 9.17) is 0 Å². The minimum atomic E-state index is 0.119. The molecule has 3 heteroatoms. The molecule has 1 atom stereocenters. The Morgan fingerprint density at radius 2 is 2.12 bits per heavy atom. The van der Waals surface area contributed by atoms with Gasteiger partial charge in [-0.05, 0) is 18.9 Å². The van der Waals surface area contributed by atoms with Gasteiger partial charge in [0.05, 0.1) is 6.33 Å². The molecule has 1 unspecified atom stereocenters. The highest BCUT2D eigenvalue weighted by molar-refractivity contribution is 5.94. The molecule has 2 heterocycles. The summed E-state index contributed by atoms with van der Waals surface area (Å²) in [4.78, 5) is 15.4. The summed E-state index contributed by atoms with van der Waals surface area (Å²) in [6.45, 7) is 2.63. The van der Waals surface area contributed by atoms with Crippen molar-refractivity contribution in [3.05, 3.63) is 53.6 Å². The fraction of sp³-hybridized carbons (Fsp3) is 0.286. The van der Waals surface area contributed by atoms with Gasteiger partial charge >= 0.3 is 0 Å². The predicted molar refractivity (Wildman–Crippen MR) is 65.1 cm³/mol. The third kappa shape index (κ3) is 1.68. The zero-order chi connectivity index (χ0) is 11.8. The van der Waals surface area contributed by atoms with Gasteiger partial charge in [0.25, 0.3) is 0 Å². The molecule has 1 aliphatic rings. The van der Waals surface area contributed by atoms with Crippen molar-refractivity contribution in [2.45, 2.75) is 25.8 Å². The highest BCUT2D eigenvalue weighted by Gasteiger charge is 2.23. The van der Waals surface area contributed by atoms with Crippen LogP contribution in [0, 0.1) is 0 Å². The lowest BCUT2D eigenvalue weighted by molar-refractivity contribution is 0.101. The number of hydrogen-bond donors (Lipinski definition) is 0. The third-order valence-electron chi connectivity index (χ3n) is 3.48. The number of benzene rings is 1. The van der Waals surface area contributed by atoms with Gasteiger partial charge in [0.2, 0.25) is 0 Å². The molecule has 0 spiro atoms. The third-order valence-corrected chi connectivity index (χ3v) is 3.48. The Morgan fingerprint density at radius 1 is 1.35 bits per heavy atom. The van der Waals surface area contributed by atoms with Crippen LogP contribution in [0.15, 0.2) is 36.8 Å². The monoisotopic (exact) mass is 226 g/mol. The summed E-state index contributed by atoms with van der Waals surface area (Å²) in [5.74, 6) is 0.548. The van der Waals surface area contributed by atoms with E-state index in [9.17, 15) is 4.79 Å². The van der Waals surface area contributed by atoms with Gasteiger partial charge in [-0.3, -0.25) is 4.79 Å². The first-order chi connectivity index (χ1) is 8.25. The Hall–Kier alpha value is -1.90. The molecule has 0 N–H and O–H groups in total. The van der Waals surface area contributed by atoms with Gasteiger partial charge in [-0.1, -0.05) is 24.3 Å². The van der Waals surface area contributed by atoms with E-state index in [2.05, 4.69) is 21.7 Å². The van der Waals surface area contributed by atoms with Crippen molar-refractivity contribution in [3.8, 4) is 0 Å². The van der Waals surface area contributed by atoms with Gasteiger partial charge < -0.3 is 4.57 Å². The first-order valence-corrected chi connectivity index (χ1v) is 5.86. The van der Waals surface area contributed by atoms with E-state index in [1.807, 2.05) is 24.7 Å². The number of hydrogen-bond acceptors (Lipinski definition) is 2. The number of carbonyl (C=O) groups is 1. The lowest BCUT2D eigenvalue weighted by Gasteiger charge is -2.09. The summed E-state index contributed by atoms with van der Waals surface area (Å²) in [6.07, 6.45) is 4.95. The smallest absolute Gasteiger partial charge is 0.159 e. The van der Waals surface area contributed by atoms with Crippen LogP contribution < -0.4 is 0 Å². The summed E-state index contributed by atoms with van der Waals surface area (Å²) >= 11 is 0. The maximum atomic E-state index is 11.2. The largest absolute Gasteiger partial charge is 0.334 e. The second-order valence-electron chi connectivity index (χ2n) is 4.53. The van der Waals surface area contributed by atoms with Gasteiger partial charge in [0.15, 0.2) is 5.78 Å². The van der Waals surface area contributed by atoms with Crippen LogP contribution in [0.4, 0.5) is 0 Å². The van der Waals surface area contributed by atoms with Gasteiger partial charge in [0, 0.05) is 29.9 Å². The molecule has 3 rings (SSSR count). The quantitative estimate of drug-likeness (QED) is 0.738. The SMILES string of the molecule is CC(=O)c1ccc(C2CCn3cncc32)cc1. The van der Waals surface area contributed by atoms with Crippen molar-refractivity contribution in [2.75, 3.05) is 0 Å². The van der Waals surface area contributed by atoms with E-state index >= 15 is 0 Å². The number of aryl methyl sites for hydroxylation is 1. The highest BCUT2D eigenvalue weighted by Crippen LogP contribution is 2.33. The van der Waals surface area contributed by atoms with Crippen LogP contribution in [0.2, 0.25) is 0 Å². The second-order valence-corrected chi connectivity index (χ2v) is 4.53. The van der Waals surface area contributed by atoms with Gasteiger partial charge in [-0.25, -0.2) is 4.98 Å². The van der Waals surface area contributed by atoms with Crippen LogP contribution in [0.1, 0.15) is 40.9 Å². The van der Waals surface area contributed by atoms with Crippen LogP contribution in [0.3, 0.4) is 0 Å². The maximum absolute atomic E-state index is 11.2. The number of nitrogens with zero attached hydrogens (tertiary/aromatic N) is 2. The maximum Gasteiger partial charge on any atom is 0.159 e. The van der Waals surface area contributed by atoms with E-state index in [0.717, 1.165) is 18.5 Å². The number of Topliss-reactive ketones (excluding diaryl/α,β-unsaturated/α-hetero) is 1. The van der Waals surface area contributed by atoms with Crippen molar-refractivity contribution in [1.29, 1.82) is 0 Å². The molecule has 0 saturated carbocycles. The molecular weight excluding hydrogens is 212 g/mol. The summed E-state index contributed by atoms with van der Waals surface area (Å²) in [7, 11) is 0. The van der Waals surface area contributed by atoms with Crippen LogP contribution in [0.5, 0.6) is 0 Å². The van der Waals surface area contributed by atoms with E-state index in [1.165, 1.54) is 11.3 Å². The Bertz CT molecular complexity index is 554. The van der Waals surface area contributed by atoms with Crippen LogP contribution in [-0.2, 0) is 6.54 Å². The number of carbonyl (C=O) groups excluding carboxylic acids is 1. The summed E-state index contributed by atoms with van der Waals surface area (Å²) < 4.78 is 2.20. The Morgan fingerprint density at radius 3 is 2.82 bits per heavy atom. The lowest BCUT2D eigenvalue weighted by atomic mass is 9.94. The predicted octanol–water partition coefficient (Wildman–Crippen LogP) is 2.62. The minimum Gasteiger partial charge on any atom is -0.334 e. The van der Waals surface area contributed by atoms with E-state index in [0.29, 0.717) is 5.92 Å². The molecular formula is C14H14N2O. The molecule has 17 heavy (non-hydrogen) atoms. The van der Waals surface area contributed by atoms with Crippen molar-refractivity contribution in [2.24, 2.45) is 0 Å². The lowest BCUT2D eigenvalue weighted by Crippen LogP contribution is -1.98. The zero-order valence-corrected chi connectivity index (χ0v) is 9.76. The average Bonchev–Trinajstić information content (AvgIpc) is 2.90. The summed E-state index contributed by atoms with van der Waals surface area (Å²) in [5, 5.41) is 0. The topological polar surface area (TPSA) is 34.9 Å². The fourth-order valence-corrected chi connectivity index (χ4v) is 2.51. The molecule has 1 aromatic heterocycles. The molecule has 0 radical (unpaired) electrons.